The molecule has 0 bridgehead atoms. The number of benzene rings is 1. The predicted molar refractivity (Wildman–Crippen MR) is 97.0 cm³/mol. The van der Waals surface area contributed by atoms with Gasteiger partial charge in [0, 0.05) is 12.0 Å². The molecule has 3 rings (SSSR count). The van der Waals surface area contributed by atoms with Crippen LogP contribution in [0.25, 0.3) is 0 Å². The summed E-state index contributed by atoms with van der Waals surface area (Å²) in [6.07, 6.45) is 7.75. The number of rotatable bonds is 4. The van der Waals surface area contributed by atoms with Crippen molar-refractivity contribution >= 4 is 0 Å². The molecule has 0 saturated carbocycles. The standard InChI is InChI=1S/C21H33NO/c1-18-9-5-6-10-19(18)21(12-16-23-20(2,3)17-21)11-15-22-13-7-4-8-14-22/h5-6,9-10H,4,7-8,11-17H2,1-3H3/t21-/m0/s1. The molecule has 2 aliphatic heterocycles. The Kier molecular flexibility index (Phi) is 5.13. The zero-order valence-electron chi connectivity index (χ0n) is 15.2. The van der Waals surface area contributed by atoms with Gasteiger partial charge in [0.15, 0.2) is 0 Å². The smallest absolute Gasteiger partial charge is 0.0635 e. The molecule has 128 valence electrons. The van der Waals surface area contributed by atoms with Crippen LogP contribution in [0.15, 0.2) is 24.3 Å². The highest BCUT2D eigenvalue weighted by Gasteiger charge is 2.42. The van der Waals surface area contributed by atoms with Crippen LogP contribution in [0.1, 0.15) is 63.5 Å². The average molecular weight is 316 g/mol. The van der Waals surface area contributed by atoms with Crippen LogP contribution in [0.5, 0.6) is 0 Å². The third kappa shape index (κ3) is 3.97. The Hall–Kier alpha value is -0.860. The van der Waals surface area contributed by atoms with E-state index in [0.717, 1.165) is 19.4 Å². The zero-order chi connectivity index (χ0) is 16.3. The van der Waals surface area contributed by atoms with E-state index in [4.69, 9.17) is 4.74 Å². The van der Waals surface area contributed by atoms with Crippen molar-refractivity contribution in [1.82, 2.24) is 4.90 Å². The van der Waals surface area contributed by atoms with Gasteiger partial charge in [0.2, 0.25) is 0 Å². The molecular weight excluding hydrogens is 282 g/mol. The van der Waals surface area contributed by atoms with Crippen molar-refractivity contribution in [3.63, 3.8) is 0 Å². The minimum Gasteiger partial charge on any atom is -0.376 e. The number of ether oxygens (including phenoxy) is 1. The van der Waals surface area contributed by atoms with Gasteiger partial charge in [-0.3, -0.25) is 0 Å². The molecule has 2 heteroatoms. The van der Waals surface area contributed by atoms with E-state index < -0.39 is 0 Å². The van der Waals surface area contributed by atoms with E-state index in [1.807, 2.05) is 0 Å². The number of likely N-dealkylation sites (tertiary alicyclic amines) is 1. The van der Waals surface area contributed by atoms with Gasteiger partial charge in [-0.2, -0.15) is 0 Å². The molecule has 23 heavy (non-hydrogen) atoms. The maximum atomic E-state index is 6.06. The summed E-state index contributed by atoms with van der Waals surface area (Å²) in [6, 6.07) is 9.03. The highest BCUT2D eigenvalue weighted by Crippen LogP contribution is 2.45. The molecule has 0 aliphatic carbocycles. The summed E-state index contributed by atoms with van der Waals surface area (Å²) in [5.74, 6) is 0. The summed E-state index contributed by atoms with van der Waals surface area (Å²) in [5.41, 5.74) is 3.28. The van der Waals surface area contributed by atoms with E-state index in [0.29, 0.717) is 0 Å². The van der Waals surface area contributed by atoms with Crippen molar-refractivity contribution in [2.45, 2.75) is 70.3 Å². The van der Waals surface area contributed by atoms with Crippen molar-refractivity contribution in [2.75, 3.05) is 26.2 Å². The molecule has 2 nitrogen and oxygen atoms in total. The van der Waals surface area contributed by atoms with Crippen LogP contribution in [0, 0.1) is 6.92 Å². The van der Waals surface area contributed by atoms with E-state index in [1.165, 1.54) is 50.9 Å². The molecule has 1 aromatic rings. The first-order valence-corrected chi connectivity index (χ1v) is 9.43. The summed E-state index contributed by atoms with van der Waals surface area (Å²) in [6.45, 7) is 11.5. The Labute approximate surface area is 142 Å². The van der Waals surface area contributed by atoms with Gasteiger partial charge < -0.3 is 9.64 Å². The van der Waals surface area contributed by atoms with Gasteiger partial charge in [-0.15, -0.1) is 0 Å². The average Bonchev–Trinajstić information content (AvgIpc) is 2.53. The lowest BCUT2D eigenvalue weighted by atomic mass is 9.66. The van der Waals surface area contributed by atoms with Gasteiger partial charge in [0.1, 0.15) is 0 Å². The molecule has 0 aromatic heterocycles. The summed E-state index contributed by atoms with van der Waals surface area (Å²) in [5, 5.41) is 0. The molecule has 2 saturated heterocycles. The van der Waals surface area contributed by atoms with Crippen molar-refractivity contribution in [2.24, 2.45) is 0 Å². The molecule has 2 heterocycles. The van der Waals surface area contributed by atoms with Gasteiger partial charge in [-0.05, 0) is 83.6 Å². The monoisotopic (exact) mass is 315 g/mol. The van der Waals surface area contributed by atoms with E-state index >= 15 is 0 Å². The number of aryl methyl sites for hydroxylation is 1. The molecular formula is C21H33NO. The Bertz CT molecular complexity index is 518. The van der Waals surface area contributed by atoms with Crippen LogP contribution >= 0.6 is 0 Å². The third-order valence-corrected chi connectivity index (χ3v) is 5.91. The summed E-state index contributed by atoms with van der Waals surface area (Å²) in [7, 11) is 0. The third-order valence-electron chi connectivity index (χ3n) is 5.91. The van der Waals surface area contributed by atoms with Crippen molar-refractivity contribution in [1.29, 1.82) is 0 Å². The van der Waals surface area contributed by atoms with Gasteiger partial charge >= 0.3 is 0 Å². The molecule has 2 fully saturated rings. The Balaban J connectivity index is 1.82. The van der Waals surface area contributed by atoms with E-state index in [2.05, 4.69) is 49.9 Å². The van der Waals surface area contributed by atoms with Gasteiger partial charge in [0.05, 0.1) is 5.60 Å². The predicted octanol–water partition coefficient (Wildman–Crippen LogP) is 4.70. The van der Waals surface area contributed by atoms with Crippen molar-refractivity contribution in [3.8, 4) is 0 Å². The Morgan fingerprint density at radius 1 is 1.09 bits per heavy atom. The number of nitrogens with zero attached hydrogens (tertiary/aromatic N) is 1. The van der Waals surface area contributed by atoms with E-state index in [1.54, 1.807) is 5.56 Å². The minimum absolute atomic E-state index is 0.0115. The zero-order valence-corrected chi connectivity index (χ0v) is 15.2. The number of hydrogen-bond acceptors (Lipinski definition) is 2. The minimum atomic E-state index is -0.0115. The first-order chi connectivity index (χ1) is 11.0. The van der Waals surface area contributed by atoms with Gasteiger partial charge in [0.25, 0.3) is 0 Å². The second kappa shape index (κ2) is 6.94. The van der Waals surface area contributed by atoms with Crippen molar-refractivity contribution in [3.05, 3.63) is 35.4 Å². The largest absolute Gasteiger partial charge is 0.376 e. The maximum Gasteiger partial charge on any atom is 0.0635 e. The van der Waals surface area contributed by atoms with Gasteiger partial charge in [-0.25, -0.2) is 0 Å². The molecule has 0 unspecified atom stereocenters. The second-order valence-corrected chi connectivity index (χ2v) is 8.28. The molecule has 1 atom stereocenters. The lowest BCUT2D eigenvalue weighted by Crippen LogP contribution is -2.46. The molecule has 0 spiro atoms. The highest BCUT2D eigenvalue weighted by atomic mass is 16.5. The van der Waals surface area contributed by atoms with Gasteiger partial charge in [-0.1, -0.05) is 30.7 Å². The summed E-state index contributed by atoms with van der Waals surface area (Å²) >= 11 is 0. The molecule has 0 radical (unpaired) electrons. The molecule has 2 aliphatic rings. The first-order valence-electron chi connectivity index (χ1n) is 9.43. The number of piperidine rings is 1. The fraction of sp³-hybridized carbons (Fsp3) is 0.714. The Morgan fingerprint density at radius 3 is 2.52 bits per heavy atom. The van der Waals surface area contributed by atoms with E-state index in [-0.39, 0.29) is 11.0 Å². The van der Waals surface area contributed by atoms with Crippen LogP contribution in [0.3, 0.4) is 0 Å². The van der Waals surface area contributed by atoms with E-state index in [9.17, 15) is 0 Å². The quantitative estimate of drug-likeness (QED) is 0.798. The number of hydrogen-bond donors (Lipinski definition) is 0. The molecule has 0 N–H and O–H groups in total. The topological polar surface area (TPSA) is 12.5 Å². The van der Waals surface area contributed by atoms with Crippen LogP contribution in [-0.4, -0.2) is 36.7 Å². The molecule has 1 aromatic carbocycles. The second-order valence-electron chi connectivity index (χ2n) is 8.28. The maximum absolute atomic E-state index is 6.06. The lowest BCUT2D eigenvalue weighted by molar-refractivity contribution is -0.0855. The Morgan fingerprint density at radius 2 is 1.83 bits per heavy atom. The SMILES string of the molecule is Cc1ccccc1[C@@]1(CCN2CCCCC2)CCOC(C)(C)C1. The fourth-order valence-electron chi connectivity index (χ4n) is 4.78. The van der Waals surface area contributed by atoms with Crippen LogP contribution in [-0.2, 0) is 10.2 Å². The normalized spacial score (nSPS) is 28.7. The summed E-state index contributed by atoms with van der Waals surface area (Å²) < 4.78 is 6.06. The molecule has 0 amide bonds. The van der Waals surface area contributed by atoms with Crippen LogP contribution in [0.4, 0.5) is 0 Å². The fourth-order valence-corrected chi connectivity index (χ4v) is 4.78. The van der Waals surface area contributed by atoms with Crippen LogP contribution in [0.2, 0.25) is 0 Å². The lowest BCUT2D eigenvalue weighted by Gasteiger charge is -2.47. The highest BCUT2D eigenvalue weighted by molar-refractivity contribution is 5.34. The van der Waals surface area contributed by atoms with Crippen molar-refractivity contribution < 1.29 is 4.74 Å². The van der Waals surface area contributed by atoms with Crippen LogP contribution < -0.4 is 0 Å². The first kappa shape index (κ1) is 17.0. The summed E-state index contributed by atoms with van der Waals surface area (Å²) in [4.78, 5) is 2.69.